The summed E-state index contributed by atoms with van der Waals surface area (Å²) in [5.41, 5.74) is 8.86. The fourth-order valence-corrected chi connectivity index (χ4v) is 2.86. The Bertz CT molecular complexity index is 978. The zero-order valence-corrected chi connectivity index (χ0v) is 14.2. The number of halogens is 1. The van der Waals surface area contributed by atoms with E-state index < -0.39 is 18.0 Å². The lowest BCUT2D eigenvalue weighted by Gasteiger charge is -2.21. The Hall–Kier alpha value is -3.58. The summed E-state index contributed by atoms with van der Waals surface area (Å²) in [6, 6.07) is 19.9. The maximum absolute atomic E-state index is 13.2. The van der Waals surface area contributed by atoms with E-state index in [2.05, 4.69) is 10.6 Å². The van der Waals surface area contributed by atoms with E-state index in [9.17, 15) is 9.18 Å². The van der Waals surface area contributed by atoms with E-state index in [0.29, 0.717) is 11.4 Å². The third kappa shape index (κ3) is 3.54. The highest BCUT2D eigenvalue weighted by Crippen LogP contribution is 2.37. The van der Waals surface area contributed by atoms with E-state index in [1.54, 1.807) is 35.4 Å². The van der Waals surface area contributed by atoms with Crippen molar-refractivity contribution >= 4 is 23.1 Å². The molecule has 7 heteroatoms. The van der Waals surface area contributed by atoms with Gasteiger partial charge in [0.25, 0.3) is 0 Å². The number of para-hydroxylation sites is 1. The molecule has 2 amide bonds. The van der Waals surface area contributed by atoms with Gasteiger partial charge in [0.1, 0.15) is 12.0 Å². The number of carbonyl (C=O) groups excluding carboxylic acids is 1. The molecule has 0 saturated carbocycles. The lowest BCUT2D eigenvalue weighted by Crippen LogP contribution is -2.31. The lowest BCUT2D eigenvalue weighted by molar-refractivity contribution is 0.262. The highest BCUT2D eigenvalue weighted by atomic mass is 19.1. The molecule has 1 aliphatic heterocycles. The molecule has 3 aromatic carbocycles. The predicted octanol–water partition coefficient (Wildman–Crippen LogP) is 4.24. The number of hydrogen-bond acceptors (Lipinski definition) is 4. The van der Waals surface area contributed by atoms with Crippen LogP contribution in [0, 0.1) is 5.82 Å². The molecule has 1 unspecified atom stereocenters. The molecule has 0 fully saturated rings. The van der Waals surface area contributed by atoms with Crippen LogP contribution in [-0.2, 0) is 0 Å². The molecular weight excluding hydrogens is 347 g/mol. The maximum atomic E-state index is 13.2. The molecule has 4 rings (SSSR count). The molecule has 4 N–H and O–H groups in total. The second-order valence-electron chi connectivity index (χ2n) is 6.04. The van der Waals surface area contributed by atoms with Crippen molar-refractivity contribution in [3.05, 3.63) is 84.2 Å². The standard InChI is InChI=1S/C20H17FN4O2/c21-13-4-3-5-15(12-13)24-20(26)23-14-8-10-16(11-9-14)25-19(22)17-6-1-2-7-18(17)27-25/h1-12,19H,22H2,(H2,23,24,26). The first-order valence-corrected chi connectivity index (χ1v) is 8.35. The number of amides is 2. The number of rotatable bonds is 3. The molecule has 0 spiro atoms. The third-order valence-electron chi connectivity index (χ3n) is 4.15. The minimum atomic E-state index is -0.463. The van der Waals surface area contributed by atoms with Crippen molar-refractivity contribution in [2.24, 2.45) is 5.73 Å². The van der Waals surface area contributed by atoms with Crippen molar-refractivity contribution in [1.82, 2.24) is 0 Å². The quantitative estimate of drug-likeness (QED) is 0.649. The summed E-state index contributed by atoms with van der Waals surface area (Å²) in [5, 5.41) is 6.88. The van der Waals surface area contributed by atoms with Crippen LogP contribution in [0.5, 0.6) is 5.75 Å². The summed E-state index contributed by atoms with van der Waals surface area (Å²) in [4.78, 5) is 17.8. The largest absolute Gasteiger partial charge is 0.377 e. The van der Waals surface area contributed by atoms with Crippen molar-refractivity contribution in [1.29, 1.82) is 0 Å². The van der Waals surface area contributed by atoms with Gasteiger partial charge < -0.3 is 21.2 Å². The second-order valence-corrected chi connectivity index (χ2v) is 6.04. The van der Waals surface area contributed by atoms with Gasteiger partial charge in [-0.2, -0.15) is 5.06 Å². The van der Waals surface area contributed by atoms with Crippen LogP contribution in [0.25, 0.3) is 0 Å². The van der Waals surface area contributed by atoms with Crippen LogP contribution in [-0.4, -0.2) is 6.03 Å². The number of hydroxylamine groups is 1. The van der Waals surface area contributed by atoms with Gasteiger partial charge >= 0.3 is 6.03 Å². The van der Waals surface area contributed by atoms with Crippen LogP contribution < -0.4 is 26.3 Å². The predicted molar refractivity (Wildman–Crippen MR) is 102 cm³/mol. The molecule has 136 valence electrons. The first-order valence-electron chi connectivity index (χ1n) is 8.35. The summed E-state index contributed by atoms with van der Waals surface area (Å²) in [6.07, 6.45) is -0.406. The van der Waals surface area contributed by atoms with E-state index in [-0.39, 0.29) is 0 Å². The number of carbonyl (C=O) groups is 1. The third-order valence-corrected chi connectivity index (χ3v) is 4.15. The maximum Gasteiger partial charge on any atom is 0.323 e. The second kappa shape index (κ2) is 6.97. The monoisotopic (exact) mass is 364 g/mol. The van der Waals surface area contributed by atoms with E-state index in [1.807, 2.05) is 24.3 Å². The Balaban J connectivity index is 1.42. The van der Waals surface area contributed by atoms with Gasteiger partial charge in [0.15, 0.2) is 5.75 Å². The zero-order valence-electron chi connectivity index (χ0n) is 14.2. The fraction of sp³-hybridized carbons (Fsp3) is 0.0500. The van der Waals surface area contributed by atoms with Crippen molar-refractivity contribution < 1.29 is 14.0 Å². The number of benzene rings is 3. The molecule has 27 heavy (non-hydrogen) atoms. The Labute approximate surface area is 155 Å². The normalized spacial score (nSPS) is 15.0. The van der Waals surface area contributed by atoms with Gasteiger partial charge in [0.2, 0.25) is 0 Å². The average molecular weight is 364 g/mol. The summed E-state index contributed by atoms with van der Waals surface area (Å²) >= 11 is 0. The zero-order chi connectivity index (χ0) is 18.8. The molecule has 6 nitrogen and oxygen atoms in total. The summed E-state index contributed by atoms with van der Waals surface area (Å²) in [7, 11) is 0. The van der Waals surface area contributed by atoms with E-state index >= 15 is 0 Å². The molecule has 0 aliphatic carbocycles. The van der Waals surface area contributed by atoms with Gasteiger partial charge in [0.05, 0.1) is 5.69 Å². The summed E-state index contributed by atoms with van der Waals surface area (Å²) in [6.45, 7) is 0. The van der Waals surface area contributed by atoms with Gasteiger partial charge in [-0.15, -0.1) is 0 Å². The minimum Gasteiger partial charge on any atom is -0.377 e. The topological polar surface area (TPSA) is 79.6 Å². The van der Waals surface area contributed by atoms with Gasteiger partial charge in [0, 0.05) is 16.9 Å². The molecule has 1 heterocycles. The highest BCUT2D eigenvalue weighted by molar-refractivity contribution is 5.99. The highest BCUT2D eigenvalue weighted by Gasteiger charge is 2.29. The van der Waals surface area contributed by atoms with Crippen LogP contribution in [0.4, 0.5) is 26.2 Å². The van der Waals surface area contributed by atoms with Crippen LogP contribution in [0.3, 0.4) is 0 Å². The van der Waals surface area contributed by atoms with Crippen molar-refractivity contribution in [2.45, 2.75) is 6.17 Å². The van der Waals surface area contributed by atoms with Gasteiger partial charge in [-0.25, -0.2) is 9.18 Å². The summed E-state index contributed by atoms with van der Waals surface area (Å²) < 4.78 is 13.2. The Morgan fingerprint density at radius 1 is 0.963 bits per heavy atom. The lowest BCUT2D eigenvalue weighted by atomic mass is 10.1. The Morgan fingerprint density at radius 3 is 2.44 bits per heavy atom. The first-order chi connectivity index (χ1) is 13.1. The fourth-order valence-electron chi connectivity index (χ4n) is 2.86. The van der Waals surface area contributed by atoms with Crippen LogP contribution in [0.15, 0.2) is 72.8 Å². The van der Waals surface area contributed by atoms with Crippen molar-refractivity contribution in [3.63, 3.8) is 0 Å². The SMILES string of the molecule is NC1c2ccccc2ON1c1ccc(NC(=O)Nc2cccc(F)c2)cc1. The smallest absolute Gasteiger partial charge is 0.323 e. The number of fused-ring (bicyclic) bond motifs is 1. The van der Waals surface area contributed by atoms with Gasteiger partial charge in [-0.05, 0) is 48.5 Å². The molecule has 0 bridgehead atoms. The molecule has 1 atom stereocenters. The Morgan fingerprint density at radius 2 is 1.70 bits per heavy atom. The molecule has 3 aromatic rings. The average Bonchev–Trinajstić information content (AvgIpc) is 2.99. The number of nitrogens with two attached hydrogens (primary N) is 1. The van der Waals surface area contributed by atoms with Crippen molar-refractivity contribution in [2.75, 3.05) is 15.7 Å². The van der Waals surface area contributed by atoms with Crippen molar-refractivity contribution in [3.8, 4) is 5.75 Å². The Kier molecular flexibility index (Phi) is 4.35. The van der Waals surface area contributed by atoms with Crippen LogP contribution in [0.1, 0.15) is 11.7 Å². The number of nitrogens with zero attached hydrogens (tertiary/aromatic N) is 1. The number of nitrogens with one attached hydrogen (secondary N) is 2. The van der Waals surface area contributed by atoms with Gasteiger partial charge in [-0.1, -0.05) is 24.3 Å². The van der Waals surface area contributed by atoms with Gasteiger partial charge in [-0.3, -0.25) is 0 Å². The van der Waals surface area contributed by atoms with Crippen LogP contribution in [0.2, 0.25) is 0 Å². The van der Waals surface area contributed by atoms with Crippen LogP contribution >= 0.6 is 0 Å². The molecule has 0 radical (unpaired) electrons. The first kappa shape index (κ1) is 16.9. The molecule has 1 aliphatic rings. The van der Waals surface area contributed by atoms with E-state index in [0.717, 1.165) is 17.0 Å². The van der Waals surface area contributed by atoms with E-state index in [4.69, 9.17) is 10.6 Å². The molecular formula is C20H17FN4O2. The van der Waals surface area contributed by atoms with E-state index in [1.165, 1.54) is 18.2 Å². The summed E-state index contributed by atoms with van der Waals surface area (Å²) in [5.74, 6) is 0.307. The number of anilines is 3. The number of urea groups is 1. The molecule has 0 aromatic heterocycles. The molecule has 0 saturated heterocycles. The minimum absolute atomic E-state index is 0.373. The number of hydrogen-bond donors (Lipinski definition) is 3.